The van der Waals surface area contributed by atoms with Crippen LogP contribution in [-0.4, -0.2) is 37.1 Å². The van der Waals surface area contributed by atoms with Crippen molar-refractivity contribution in [2.75, 3.05) is 26.3 Å². The molecule has 1 amide bonds. The van der Waals surface area contributed by atoms with E-state index < -0.39 is 0 Å². The smallest absolute Gasteiger partial charge is 0.226 e. The molecule has 0 aromatic rings. The lowest BCUT2D eigenvalue weighted by Gasteiger charge is -2.26. The summed E-state index contributed by atoms with van der Waals surface area (Å²) >= 11 is 0. The Morgan fingerprint density at radius 1 is 1.32 bits per heavy atom. The van der Waals surface area contributed by atoms with E-state index in [1.807, 2.05) is 17.1 Å². The molecule has 3 rings (SSSR count). The van der Waals surface area contributed by atoms with E-state index in [-0.39, 0.29) is 17.7 Å². The number of rotatable bonds is 4. The lowest BCUT2D eigenvalue weighted by molar-refractivity contribution is -0.135. The average molecular weight is 302 g/mol. The Morgan fingerprint density at radius 3 is 2.95 bits per heavy atom. The Hall–Kier alpha value is -1.34. The number of hydrogen-bond donors (Lipinski definition) is 0. The van der Waals surface area contributed by atoms with Gasteiger partial charge in [-0.05, 0) is 50.4 Å². The zero-order valence-electron chi connectivity index (χ0n) is 13.2. The van der Waals surface area contributed by atoms with Gasteiger partial charge in [0.05, 0.1) is 12.0 Å². The van der Waals surface area contributed by atoms with E-state index in [0.717, 1.165) is 45.1 Å². The van der Waals surface area contributed by atoms with Gasteiger partial charge in [-0.25, -0.2) is 0 Å². The number of likely N-dealkylation sites (tertiary alicyclic amines) is 1. The van der Waals surface area contributed by atoms with Crippen molar-refractivity contribution in [3.05, 3.63) is 12.2 Å². The zero-order chi connectivity index (χ0) is 15.4. The minimum Gasteiger partial charge on any atom is -0.381 e. The summed E-state index contributed by atoms with van der Waals surface area (Å²) in [4.78, 5) is 14.7. The summed E-state index contributed by atoms with van der Waals surface area (Å²) < 4.78 is 5.43. The highest BCUT2D eigenvalue weighted by atomic mass is 16.5. The van der Waals surface area contributed by atoms with Crippen molar-refractivity contribution >= 4 is 5.91 Å². The van der Waals surface area contributed by atoms with Crippen molar-refractivity contribution in [2.24, 2.45) is 23.7 Å². The van der Waals surface area contributed by atoms with Crippen LogP contribution in [0.4, 0.5) is 0 Å². The monoisotopic (exact) mass is 302 g/mol. The predicted molar refractivity (Wildman–Crippen MR) is 83.8 cm³/mol. The van der Waals surface area contributed by atoms with Gasteiger partial charge in [0, 0.05) is 32.2 Å². The van der Waals surface area contributed by atoms with E-state index in [1.54, 1.807) is 0 Å². The lowest BCUT2D eigenvalue weighted by atomic mass is 9.86. The van der Waals surface area contributed by atoms with Gasteiger partial charge in [0.1, 0.15) is 0 Å². The highest BCUT2D eigenvalue weighted by Gasteiger charge is 2.32. The molecule has 0 aromatic carbocycles. The van der Waals surface area contributed by atoms with Crippen LogP contribution in [0.3, 0.4) is 0 Å². The van der Waals surface area contributed by atoms with Gasteiger partial charge in [0.2, 0.25) is 5.91 Å². The van der Waals surface area contributed by atoms with Gasteiger partial charge in [0.25, 0.3) is 0 Å². The third-order valence-electron chi connectivity index (χ3n) is 5.45. The van der Waals surface area contributed by atoms with Crippen LogP contribution in [0.25, 0.3) is 0 Å². The molecule has 0 radical (unpaired) electrons. The molecular weight excluding hydrogens is 276 g/mol. The summed E-state index contributed by atoms with van der Waals surface area (Å²) in [5, 5.41) is 9.04. The van der Waals surface area contributed by atoms with Crippen LogP contribution in [0.2, 0.25) is 0 Å². The van der Waals surface area contributed by atoms with E-state index in [0.29, 0.717) is 12.3 Å². The van der Waals surface area contributed by atoms with Crippen LogP contribution >= 0.6 is 0 Å². The number of nitrogens with zero attached hydrogens (tertiary/aromatic N) is 2. The van der Waals surface area contributed by atoms with E-state index >= 15 is 0 Å². The number of nitriles is 1. The Bertz CT molecular complexity index is 462. The summed E-state index contributed by atoms with van der Waals surface area (Å²) in [5.74, 6) is 1.62. The number of hydrogen-bond acceptors (Lipinski definition) is 3. The Kier molecular flexibility index (Phi) is 5.15. The fourth-order valence-corrected chi connectivity index (χ4v) is 3.99. The van der Waals surface area contributed by atoms with Crippen molar-refractivity contribution in [3.63, 3.8) is 0 Å². The molecule has 4 heteroatoms. The van der Waals surface area contributed by atoms with Crippen molar-refractivity contribution in [1.29, 1.82) is 5.26 Å². The number of ether oxygens (including phenoxy) is 1. The molecule has 22 heavy (non-hydrogen) atoms. The molecule has 3 aliphatic rings. The highest BCUT2D eigenvalue weighted by molar-refractivity contribution is 5.79. The maximum atomic E-state index is 12.6. The standard InChI is InChI=1S/C18H26N2O2/c19-11-16-2-1-3-17(10-16)18(21)20-8-6-14(12-20)4-5-15-7-9-22-13-15/h1-2,14-17H,3-10,12-13H2/t14?,15?,16-,17?/m1/s1. The molecule has 4 nitrogen and oxygen atoms in total. The Balaban J connectivity index is 1.44. The maximum absolute atomic E-state index is 12.6. The topological polar surface area (TPSA) is 53.3 Å². The van der Waals surface area contributed by atoms with Gasteiger partial charge in [-0.2, -0.15) is 5.26 Å². The first-order valence-corrected chi connectivity index (χ1v) is 8.69. The van der Waals surface area contributed by atoms with Crippen LogP contribution in [0, 0.1) is 35.0 Å². The second-order valence-corrected chi connectivity index (χ2v) is 7.08. The van der Waals surface area contributed by atoms with Crippen molar-refractivity contribution < 1.29 is 9.53 Å². The van der Waals surface area contributed by atoms with Gasteiger partial charge in [-0.1, -0.05) is 12.2 Å². The summed E-state index contributed by atoms with van der Waals surface area (Å²) in [6, 6.07) is 2.27. The molecule has 2 aliphatic heterocycles. The molecule has 120 valence electrons. The molecule has 0 saturated carbocycles. The molecule has 2 heterocycles. The number of allylic oxidation sites excluding steroid dienone is 2. The highest BCUT2D eigenvalue weighted by Crippen LogP contribution is 2.30. The largest absolute Gasteiger partial charge is 0.381 e. The van der Waals surface area contributed by atoms with Crippen LogP contribution in [0.15, 0.2) is 12.2 Å². The predicted octanol–water partition coefficient (Wildman–Crippen LogP) is 2.76. The van der Waals surface area contributed by atoms with Gasteiger partial charge < -0.3 is 9.64 Å². The van der Waals surface area contributed by atoms with E-state index in [9.17, 15) is 4.79 Å². The Morgan fingerprint density at radius 2 is 2.18 bits per heavy atom. The SMILES string of the molecule is N#C[C@@H]1C=CCC(C(=O)N2CCC(CCC3CCOC3)C2)C1. The van der Waals surface area contributed by atoms with E-state index in [1.165, 1.54) is 19.3 Å². The van der Waals surface area contributed by atoms with Gasteiger partial charge in [-0.15, -0.1) is 0 Å². The average Bonchev–Trinajstić information content (AvgIpc) is 3.23. The fourth-order valence-electron chi connectivity index (χ4n) is 3.99. The van der Waals surface area contributed by atoms with Gasteiger partial charge in [-0.3, -0.25) is 4.79 Å². The first-order chi connectivity index (χ1) is 10.8. The number of carbonyl (C=O) groups excluding carboxylic acids is 1. The molecule has 2 fully saturated rings. The van der Waals surface area contributed by atoms with E-state index in [2.05, 4.69) is 6.07 Å². The lowest BCUT2D eigenvalue weighted by Crippen LogP contribution is -2.35. The quantitative estimate of drug-likeness (QED) is 0.750. The third-order valence-corrected chi connectivity index (χ3v) is 5.45. The summed E-state index contributed by atoms with van der Waals surface area (Å²) in [6.45, 7) is 3.68. The van der Waals surface area contributed by atoms with Crippen molar-refractivity contribution in [3.8, 4) is 6.07 Å². The zero-order valence-corrected chi connectivity index (χ0v) is 13.2. The molecule has 3 unspecified atom stereocenters. The normalized spacial score (nSPS) is 34.8. The molecule has 2 saturated heterocycles. The molecule has 4 atom stereocenters. The first-order valence-electron chi connectivity index (χ1n) is 8.69. The number of carbonyl (C=O) groups is 1. The second-order valence-electron chi connectivity index (χ2n) is 7.08. The van der Waals surface area contributed by atoms with Gasteiger partial charge >= 0.3 is 0 Å². The van der Waals surface area contributed by atoms with Gasteiger partial charge in [0.15, 0.2) is 0 Å². The van der Waals surface area contributed by atoms with E-state index in [4.69, 9.17) is 10.00 Å². The molecular formula is C18H26N2O2. The molecule has 1 aliphatic carbocycles. The second kappa shape index (κ2) is 7.28. The van der Waals surface area contributed by atoms with Crippen LogP contribution in [0.5, 0.6) is 0 Å². The third kappa shape index (κ3) is 3.70. The fraction of sp³-hybridized carbons (Fsp3) is 0.778. The Labute approximate surface area is 133 Å². The van der Waals surface area contributed by atoms with Crippen LogP contribution in [-0.2, 0) is 9.53 Å². The van der Waals surface area contributed by atoms with Crippen molar-refractivity contribution in [1.82, 2.24) is 4.90 Å². The summed E-state index contributed by atoms with van der Waals surface area (Å²) in [5.41, 5.74) is 0. The van der Waals surface area contributed by atoms with Crippen LogP contribution < -0.4 is 0 Å². The van der Waals surface area contributed by atoms with Crippen LogP contribution in [0.1, 0.15) is 38.5 Å². The van der Waals surface area contributed by atoms with Crippen molar-refractivity contribution in [2.45, 2.75) is 38.5 Å². The minimum absolute atomic E-state index is 0.0247. The molecule has 0 bridgehead atoms. The molecule has 0 spiro atoms. The molecule has 0 aromatic heterocycles. The first kappa shape index (κ1) is 15.6. The number of amides is 1. The summed E-state index contributed by atoms with van der Waals surface area (Å²) in [7, 11) is 0. The summed E-state index contributed by atoms with van der Waals surface area (Å²) in [6.07, 6.45) is 10.3. The molecule has 0 N–H and O–H groups in total. The maximum Gasteiger partial charge on any atom is 0.226 e. The minimum atomic E-state index is -0.0801.